The Balaban J connectivity index is 1.87. The van der Waals surface area contributed by atoms with E-state index >= 15 is 0 Å². The third kappa shape index (κ3) is 5.23. The third-order valence-electron chi connectivity index (χ3n) is 3.30. The van der Waals surface area contributed by atoms with Crippen molar-refractivity contribution in [1.82, 2.24) is 10.6 Å². The Labute approximate surface area is 128 Å². The van der Waals surface area contributed by atoms with Crippen molar-refractivity contribution in [3.63, 3.8) is 0 Å². The summed E-state index contributed by atoms with van der Waals surface area (Å²) >= 11 is 0. The van der Waals surface area contributed by atoms with E-state index in [1.165, 1.54) is 0 Å². The standard InChI is InChI=1S/C16H20N2O4/c19-15(11-17-10-13-7-4-8-22-13)14(18-16(20)21)9-12-5-2-1-3-6-12/h1-8,14-15,17-19H,9-11H2,(H,20,21)/t14-,15-/m0/s1. The van der Waals surface area contributed by atoms with Crippen LogP contribution in [0.3, 0.4) is 0 Å². The van der Waals surface area contributed by atoms with E-state index in [-0.39, 0.29) is 6.54 Å². The molecule has 2 atom stereocenters. The molecule has 1 heterocycles. The first-order chi connectivity index (χ1) is 10.6. The molecular formula is C16H20N2O4. The second kappa shape index (κ2) is 8.21. The van der Waals surface area contributed by atoms with Crippen LogP contribution in [0.1, 0.15) is 11.3 Å². The molecule has 1 aromatic heterocycles. The predicted molar refractivity (Wildman–Crippen MR) is 81.5 cm³/mol. The minimum absolute atomic E-state index is 0.262. The summed E-state index contributed by atoms with van der Waals surface area (Å²) in [7, 11) is 0. The summed E-state index contributed by atoms with van der Waals surface area (Å²) in [6, 6.07) is 12.5. The van der Waals surface area contributed by atoms with E-state index in [1.807, 2.05) is 36.4 Å². The van der Waals surface area contributed by atoms with Crippen molar-refractivity contribution in [3.05, 3.63) is 60.1 Å². The second-order valence-electron chi connectivity index (χ2n) is 5.02. The van der Waals surface area contributed by atoms with Crippen LogP contribution in [0, 0.1) is 0 Å². The maximum absolute atomic E-state index is 10.9. The Morgan fingerprint density at radius 2 is 1.95 bits per heavy atom. The number of benzene rings is 1. The van der Waals surface area contributed by atoms with Crippen LogP contribution in [0.5, 0.6) is 0 Å². The topological polar surface area (TPSA) is 94.7 Å². The Hall–Kier alpha value is -2.31. The average molecular weight is 304 g/mol. The SMILES string of the molecule is O=C(O)N[C@@H](Cc1ccccc1)[C@@H](O)CNCc1ccco1. The summed E-state index contributed by atoms with van der Waals surface area (Å²) in [4.78, 5) is 10.9. The van der Waals surface area contributed by atoms with Crippen LogP contribution in [-0.2, 0) is 13.0 Å². The summed E-state index contributed by atoms with van der Waals surface area (Å²) in [5, 5.41) is 24.6. The van der Waals surface area contributed by atoms with Crippen molar-refractivity contribution in [3.8, 4) is 0 Å². The van der Waals surface area contributed by atoms with Crippen molar-refractivity contribution >= 4 is 6.09 Å². The van der Waals surface area contributed by atoms with Gasteiger partial charge in [0.25, 0.3) is 0 Å². The van der Waals surface area contributed by atoms with Crippen molar-refractivity contribution < 1.29 is 19.4 Å². The molecule has 2 aromatic rings. The van der Waals surface area contributed by atoms with E-state index in [1.54, 1.807) is 12.3 Å². The molecule has 0 unspecified atom stereocenters. The molecule has 0 spiro atoms. The van der Waals surface area contributed by atoms with Gasteiger partial charge < -0.3 is 25.3 Å². The molecule has 6 nitrogen and oxygen atoms in total. The van der Waals surface area contributed by atoms with E-state index in [9.17, 15) is 9.90 Å². The number of rotatable bonds is 8. The summed E-state index contributed by atoms with van der Waals surface area (Å²) < 4.78 is 5.18. The molecule has 0 radical (unpaired) electrons. The first-order valence-corrected chi connectivity index (χ1v) is 7.09. The van der Waals surface area contributed by atoms with Crippen molar-refractivity contribution in [1.29, 1.82) is 0 Å². The van der Waals surface area contributed by atoms with Gasteiger partial charge in [0.05, 0.1) is 25.0 Å². The fraction of sp³-hybridized carbons (Fsp3) is 0.312. The van der Waals surface area contributed by atoms with Gasteiger partial charge in [-0.25, -0.2) is 4.79 Å². The van der Waals surface area contributed by atoms with Gasteiger partial charge in [-0.15, -0.1) is 0 Å². The fourth-order valence-electron chi connectivity index (χ4n) is 2.21. The van der Waals surface area contributed by atoms with Crippen molar-refractivity contribution in [2.45, 2.75) is 25.1 Å². The molecular weight excluding hydrogens is 284 g/mol. The lowest BCUT2D eigenvalue weighted by molar-refractivity contribution is 0.117. The Bertz CT molecular complexity index is 557. The van der Waals surface area contributed by atoms with Crippen molar-refractivity contribution in [2.24, 2.45) is 0 Å². The van der Waals surface area contributed by atoms with Crippen LogP contribution >= 0.6 is 0 Å². The van der Waals surface area contributed by atoms with E-state index < -0.39 is 18.2 Å². The van der Waals surface area contributed by atoms with Gasteiger partial charge in [-0.3, -0.25) is 0 Å². The van der Waals surface area contributed by atoms with Gasteiger partial charge in [-0.2, -0.15) is 0 Å². The van der Waals surface area contributed by atoms with E-state index in [0.29, 0.717) is 13.0 Å². The molecule has 0 fully saturated rings. The molecule has 0 aliphatic carbocycles. The lowest BCUT2D eigenvalue weighted by Crippen LogP contribution is -2.48. The Morgan fingerprint density at radius 1 is 1.18 bits per heavy atom. The lowest BCUT2D eigenvalue weighted by atomic mass is 10.0. The van der Waals surface area contributed by atoms with Crippen LogP contribution < -0.4 is 10.6 Å². The molecule has 0 bridgehead atoms. The van der Waals surface area contributed by atoms with E-state index in [2.05, 4.69) is 10.6 Å². The molecule has 118 valence electrons. The number of nitrogens with one attached hydrogen (secondary N) is 2. The summed E-state index contributed by atoms with van der Waals surface area (Å²) in [5.74, 6) is 0.762. The number of carbonyl (C=O) groups is 1. The number of furan rings is 1. The van der Waals surface area contributed by atoms with Crippen LogP contribution in [0.15, 0.2) is 53.1 Å². The average Bonchev–Trinajstić information content (AvgIpc) is 3.00. The molecule has 2 rings (SSSR count). The zero-order valence-corrected chi connectivity index (χ0v) is 12.1. The second-order valence-corrected chi connectivity index (χ2v) is 5.02. The predicted octanol–water partition coefficient (Wildman–Crippen LogP) is 1.61. The van der Waals surface area contributed by atoms with Gasteiger partial charge in [0.2, 0.25) is 0 Å². The van der Waals surface area contributed by atoms with Crippen LogP contribution in [0.2, 0.25) is 0 Å². The zero-order valence-electron chi connectivity index (χ0n) is 12.1. The number of amides is 1. The number of aliphatic hydroxyl groups excluding tert-OH is 1. The maximum atomic E-state index is 10.9. The maximum Gasteiger partial charge on any atom is 0.404 e. The van der Waals surface area contributed by atoms with Gasteiger partial charge in [-0.1, -0.05) is 30.3 Å². The van der Waals surface area contributed by atoms with Crippen LogP contribution in [0.25, 0.3) is 0 Å². The zero-order chi connectivity index (χ0) is 15.8. The van der Waals surface area contributed by atoms with E-state index in [0.717, 1.165) is 11.3 Å². The third-order valence-corrected chi connectivity index (χ3v) is 3.30. The minimum Gasteiger partial charge on any atom is -0.468 e. The summed E-state index contributed by atoms with van der Waals surface area (Å²) in [6.45, 7) is 0.744. The summed E-state index contributed by atoms with van der Waals surface area (Å²) in [6.07, 6.45) is 0.0197. The van der Waals surface area contributed by atoms with Gasteiger partial charge in [0, 0.05) is 6.54 Å². The van der Waals surface area contributed by atoms with Crippen LogP contribution in [0.4, 0.5) is 4.79 Å². The largest absolute Gasteiger partial charge is 0.468 e. The Morgan fingerprint density at radius 3 is 2.59 bits per heavy atom. The van der Waals surface area contributed by atoms with Gasteiger partial charge in [-0.05, 0) is 24.1 Å². The highest BCUT2D eigenvalue weighted by Crippen LogP contribution is 2.07. The van der Waals surface area contributed by atoms with Gasteiger partial charge in [0.1, 0.15) is 5.76 Å². The van der Waals surface area contributed by atoms with Crippen molar-refractivity contribution in [2.75, 3.05) is 6.54 Å². The first-order valence-electron chi connectivity index (χ1n) is 7.09. The molecule has 0 saturated carbocycles. The quantitative estimate of drug-likeness (QED) is 0.594. The Kier molecular flexibility index (Phi) is 6.00. The molecule has 6 heteroatoms. The molecule has 4 N–H and O–H groups in total. The smallest absolute Gasteiger partial charge is 0.404 e. The number of carboxylic acid groups (broad SMARTS) is 1. The summed E-state index contributed by atoms with van der Waals surface area (Å²) in [5.41, 5.74) is 0.964. The highest BCUT2D eigenvalue weighted by molar-refractivity contribution is 5.65. The molecule has 0 aliphatic rings. The lowest BCUT2D eigenvalue weighted by Gasteiger charge is -2.23. The highest BCUT2D eigenvalue weighted by Gasteiger charge is 2.21. The molecule has 0 aliphatic heterocycles. The number of hydrogen-bond acceptors (Lipinski definition) is 4. The molecule has 22 heavy (non-hydrogen) atoms. The molecule has 0 saturated heterocycles. The monoisotopic (exact) mass is 304 g/mol. The normalized spacial score (nSPS) is 13.5. The minimum atomic E-state index is -1.15. The van der Waals surface area contributed by atoms with Gasteiger partial charge >= 0.3 is 6.09 Å². The molecule has 1 aromatic carbocycles. The van der Waals surface area contributed by atoms with Crippen LogP contribution in [-0.4, -0.2) is 35.0 Å². The fourth-order valence-corrected chi connectivity index (χ4v) is 2.21. The number of aliphatic hydroxyl groups is 1. The van der Waals surface area contributed by atoms with Gasteiger partial charge in [0.15, 0.2) is 0 Å². The number of hydrogen-bond donors (Lipinski definition) is 4. The molecule has 1 amide bonds. The highest BCUT2D eigenvalue weighted by atomic mass is 16.4. The van der Waals surface area contributed by atoms with E-state index in [4.69, 9.17) is 9.52 Å². The first kappa shape index (κ1) is 16.1.